The van der Waals surface area contributed by atoms with Crippen molar-refractivity contribution in [2.45, 2.75) is 12.5 Å². The van der Waals surface area contributed by atoms with Crippen LogP contribution in [0.1, 0.15) is 0 Å². The third kappa shape index (κ3) is 3.90. The zero-order chi connectivity index (χ0) is 8.20. The molecule has 0 rings (SSSR count). The SMILES string of the molecule is FC(OCCCl)C(F)(F)F. The monoisotopic (exact) mass is 180 g/mol. The summed E-state index contributed by atoms with van der Waals surface area (Å²) in [6, 6.07) is 0. The molecule has 0 N–H and O–H groups in total. The molecule has 0 aliphatic carbocycles. The Kier molecular flexibility index (Phi) is 3.96. The predicted octanol–water partition coefficient (Wildman–Crippen LogP) is 2.10. The van der Waals surface area contributed by atoms with Crippen LogP contribution in [0.5, 0.6) is 0 Å². The molecular formula is C4H5ClF4O. The van der Waals surface area contributed by atoms with Gasteiger partial charge in [0.15, 0.2) is 0 Å². The number of halogens is 5. The van der Waals surface area contributed by atoms with E-state index in [0.29, 0.717) is 0 Å². The van der Waals surface area contributed by atoms with Crippen LogP contribution >= 0.6 is 11.6 Å². The van der Waals surface area contributed by atoms with Crippen LogP contribution in [0.15, 0.2) is 0 Å². The minimum Gasteiger partial charge on any atom is -0.340 e. The minimum atomic E-state index is -4.94. The van der Waals surface area contributed by atoms with Crippen molar-refractivity contribution in [1.82, 2.24) is 0 Å². The highest BCUT2D eigenvalue weighted by atomic mass is 35.5. The first kappa shape index (κ1) is 9.97. The van der Waals surface area contributed by atoms with Crippen molar-refractivity contribution in [3.8, 4) is 0 Å². The van der Waals surface area contributed by atoms with E-state index in [0.717, 1.165) is 0 Å². The molecule has 0 aromatic rings. The van der Waals surface area contributed by atoms with Crippen LogP contribution in [0.2, 0.25) is 0 Å². The summed E-state index contributed by atoms with van der Waals surface area (Å²) in [5.41, 5.74) is 0. The summed E-state index contributed by atoms with van der Waals surface area (Å²) in [6.07, 6.45) is -8.15. The molecule has 1 nitrogen and oxygen atoms in total. The lowest BCUT2D eigenvalue weighted by molar-refractivity contribution is -0.262. The van der Waals surface area contributed by atoms with Crippen LogP contribution in [0.3, 0.4) is 0 Å². The highest BCUT2D eigenvalue weighted by Crippen LogP contribution is 2.23. The van der Waals surface area contributed by atoms with Crippen molar-refractivity contribution in [2.75, 3.05) is 12.5 Å². The molecule has 0 spiro atoms. The van der Waals surface area contributed by atoms with Gasteiger partial charge in [0.2, 0.25) is 0 Å². The lowest BCUT2D eigenvalue weighted by Crippen LogP contribution is -2.27. The molecule has 0 aromatic carbocycles. The van der Waals surface area contributed by atoms with Gasteiger partial charge in [0, 0.05) is 5.88 Å². The van der Waals surface area contributed by atoms with E-state index < -0.39 is 19.1 Å². The first-order valence-corrected chi connectivity index (χ1v) is 2.90. The Morgan fingerprint density at radius 1 is 1.40 bits per heavy atom. The van der Waals surface area contributed by atoms with E-state index in [4.69, 9.17) is 11.6 Å². The summed E-state index contributed by atoms with van der Waals surface area (Å²) in [4.78, 5) is 0. The van der Waals surface area contributed by atoms with Gasteiger partial charge in [-0.25, -0.2) is 4.39 Å². The number of hydrogen-bond acceptors (Lipinski definition) is 1. The van der Waals surface area contributed by atoms with Crippen molar-refractivity contribution < 1.29 is 22.3 Å². The van der Waals surface area contributed by atoms with Crippen molar-refractivity contribution in [3.05, 3.63) is 0 Å². The molecule has 10 heavy (non-hydrogen) atoms. The molecule has 0 aliphatic heterocycles. The Bertz CT molecular complexity index is 93.7. The maximum absolute atomic E-state index is 11.7. The summed E-state index contributed by atoms with van der Waals surface area (Å²) < 4.78 is 49.0. The molecule has 0 saturated heterocycles. The number of hydrogen-bond donors (Lipinski definition) is 0. The van der Waals surface area contributed by atoms with Gasteiger partial charge in [-0.2, -0.15) is 13.2 Å². The second-order valence-electron chi connectivity index (χ2n) is 1.42. The Hall–Kier alpha value is -0.0300. The average molecular weight is 181 g/mol. The fourth-order valence-electron chi connectivity index (χ4n) is 0.243. The van der Waals surface area contributed by atoms with Gasteiger partial charge in [0.1, 0.15) is 0 Å². The molecule has 0 heterocycles. The fraction of sp³-hybridized carbons (Fsp3) is 1.00. The Labute approximate surface area is 59.9 Å². The molecule has 6 heteroatoms. The first-order chi connectivity index (χ1) is 4.48. The number of alkyl halides is 5. The summed E-state index contributed by atoms with van der Waals surface area (Å²) in [6.45, 7) is -0.442. The highest BCUT2D eigenvalue weighted by molar-refractivity contribution is 6.17. The van der Waals surface area contributed by atoms with E-state index in [-0.39, 0.29) is 5.88 Å². The van der Waals surface area contributed by atoms with E-state index in [9.17, 15) is 17.6 Å². The van der Waals surface area contributed by atoms with E-state index in [1.165, 1.54) is 0 Å². The van der Waals surface area contributed by atoms with Gasteiger partial charge in [-0.1, -0.05) is 0 Å². The topological polar surface area (TPSA) is 9.23 Å². The zero-order valence-corrected chi connectivity index (χ0v) is 5.55. The largest absolute Gasteiger partial charge is 0.445 e. The van der Waals surface area contributed by atoms with Gasteiger partial charge in [0.05, 0.1) is 6.61 Å². The summed E-state index contributed by atoms with van der Waals surface area (Å²) in [5.74, 6) is -0.156. The Morgan fingerprint density at radius 3 is 2.20 bits per heavy atom. The summed E-state index contributed by atoms with van der Waals surface area (Å²) in [7, 11) is 0. The lowest BCUT2D eigenvalue weighted by Gasteiger charge is -2.11. The lowest BCUT2D eigenvalue weighted by atomic mass is 10.6. The summed E-state index contributed by atoms with van der Waals surface area (Å²) >= 11 is 4.94. The van der Waals surface area contributed by atoms with E-state index in [2.05, 4.69) is 4.74 Å². The van der Waals surface area contributed by atoms with Gasteiger partial charge in [0.25, 0.3) is 6.36 Å². The normalized spacial score (nSPS) is 15.3. The maximum Gasteiger partial charge on any atom is 0.445 e. The molecule has 0 fully saturated rings. The van der Waals surface area contributed by atoms with Crippen LogP contribution in [-0.4, -0.2) is 25.0 Å². The van der Waals surface area contributed by atoms with Crippen LogP contribution in [0.25, 0.3) is 0 Å². The van der Waals surface area contributed by atoms with Gasteiger partial charge in [-0.05, 0) is 0 Å². The number of ether oxygens (including phenoxy) is 1. The second-order valence-corrected chi connectivity index (χ2v) is 1.80. The molecule has 0 radical (unpaired) electrons. The first-order valence-electron chi connectivity index (χ1n) is 2.37. The third-order valence-corrected chi connectivity index (χ3v) is 0.753. The van der Waals surface area contributed by atoms with E-state index in [1.807, 2.05) is 0 Å². The summed E-state index contributed by atoms with van der Waals surface area (Å²) in [5, 5.41) is 0. The molecule has 0 saturated carbocycles. The zero-order valence-electron chi connectivity index (χ0n) is 4.79. The quantitative estimate of drug-likeness (QED) is 0.477. The van der Waals surface area contributed by atoms with Gasteiger partial charge >= 0.3 is 6.18 Å². The predicted molar refractivity (Wildman–Crippen MR) is 27.6 cm³/mol. The number of rotatable bonds is 3. The minimum absolute atomic E-state index is 0.156. The van der Waals surface area contributed by atoms with Gasteiger partial charge < -0.3 is 4.74 Å². The third-order valence-electron chi connectivity index (χ3n) is 0.599. The van der Waals surface area contributed by atoms with Crippen LogP contribution in [0, 0.1) is 0 Å². The van der Waals surface area contributed by atoms with Gasteiger partial charge in [-0.15, -0.1) is 11.6 Å². The Balaban J connectivity index is 3.52. The van der Waals surface area contributed by atoms with Crippen molar-refractivity contribution in [2.24, 2.45) is 0 Å². The van der Waals surface area contributed by atoms with E-state index in [1.54, 1.807) is 0 Å². The molecule has 0 bridgehead atoms. The smallest absolute Gasteiger partial charge is 0.340 e. The molecule has 0 aromatic heterocycles. The van der Waals surface area contributed by atoms with Gasteiger partial charge in [-0.3, -0.25) is 0 Å². The maximum atomic E-state index is 11.7. The van der Waals surface area contributed by atoms with Crippen LogP contribution in [0.4, 0.5) is 17.6 Å². The highest BCUT2D eigenvalue weighted by Gasteiger charge is 2.41. The fourth-order valence-corrected chi connectivity index (χ4v) is 0.332. The van der Waals surface area contributed by atoms with Crippen LogP contribution < -0.4 is 0 Å². The van der Waals surface area contributed by atoms with Crippen LogP contribution in [-0.2, 0) is 4.74 Å². The second kappa shape index (κ2) is 3.98. The Morgan fingerprint density at radius 2 is 1.90 bits per heavy atom. The molecule has 1 unspecified atom stereocenters. The molecule has 1 atom stereocenters. The molecular weight excluding hydrogens is 175 g/mol. The average Bonchev–Trinajstić information content (AvgIpc) is 1.80. The van der Waals surface area contributed by atoms with E-state index >= 15 is 0 Å². The molecule has 62 valence electrons. The standard InChI is InChI=1S/C4H5ClF4O/c5-1-2-10-3(6)4(7,8)9/h3H,1-2H2. The van der Waals surface area contributed by atoms with Crippen molar-refractivity contribution in [3.63, 3.8) is 0 Å². The van der Waals surface area contributed by atoms with Crippen molar-refractivity contribution in [1.29, 1.82) is 0 Å². The van der Waals surface area contributed by atoms with Crippen molar-refractivity contribution >= 4 is 11.6 Å². The molecule has 0 aliphatic rings. The molecule has 0 amide bonds.